The summed E-state index contributed by atoms with van der Waals surface area (Å²) in [5, 5.41) is 0. The van der Waals surface area contributed by atoms with E-state index in [1.807, 2.05) is 6.92 Å². The van der Waals surface area contributed by atoms with Crippen molar-refractivity contribution in [2.75, 3.05) is 26.9 Å². The SMILES string of the molecule is CCO[Si](CCCN1C=CN(C)C1)(O[Si])O[Si]. The van der Waals surface area contributed by atoms with Crippen molar-refractivity contribution in [1.82, 2.24) is 9.80 Å². The molecule has 8 heteroatoms. The van der Waals surface area contributed by atoms with Gasteiger partial charge in [-0.25, -0.2) is 0 Å². The lowest BCUT2D eigenvalue weighted by atomic mass is 10.4. The van der Waals surface area contributed by atoms with Crippen molar-refractivity contribution in [3.05, 3.63) is 12.4 Å². The molecule has 5 nitrogen and oxygen atoms in total. The summed E-state index contributed by atoms with van der Waals surface area (Å²) in [6.45, 7) is 4.41. The molecular formula is C9H18N2O3Si3. The molecule has 94 valence electrons. The topological polar surface area (TPSA) is 34.2 Å². The van der Waals surface area contributed by atoms with Crippen molar-refractivity contribution in [2.24, 2.45) is 0 Å². The van der Waals surface area contributed by atoms with Gasteiger partial charge in [-0.15, -0.1) is 0 Å². The first-order valence-electron chi connectivity index (χ1n) is 5.62. The fourth-order valence-electron chi connectivity index (χ4n) is 1.71. The van der Waals surface area contributed by atoms with Gasteiger partial charge in [-0.1, -0.05) is 0 Å². The molecule has 6 radical (unpaired) electrons. The second-order valence-electron chi connectivity index (χ2n) is 3.93. The summed E-state index contributed by atoms with van der Waals surface area (Å²) in [5.41, 5.74) is 0. The molecular weight excluding hydrogens is 268 g/mol. The van der Waals surface area contributed by atoms with Crippen molar-refractivity contribution in [1.29, 1.82) is 0 Å². The molecule has 0 aromatic rings. The molecule has 0 aliphatic carbocycles. The zero-order valence-electron chi connectivity index (χ0n) is 10.3. The zero-order valence-corrected chi connectivity index (χ0v) is 13.3. The molecule has 1 rings (SSSR count). The van der Waals surface area contributed by atoms with Crippen LogP contribution in [0.3, 0.4) is 0 Å². The van der Waals surface area contributed by atoms with Crippen LogP contribution in [0.15, 0.2) is 12.4 Å². The minimum atomic E-state index is -2.57. The van der Waals surface area contributed by atoms with E-state index in [-0.39, 0.29) is 0 Å². The fraction of sp³-hybridized carbons (Fsp3) is 0.778. The highest BCUT2D eigenvalue weighted by atomic mass is 28.4. The van der Waals surface area contributed by atoms with Crippen molar-refractivity contribution in [3.63, 3.8) is 0 Å². The fourth-order valence-corrected chi connectivity index (χ4v) is 4.71. The van der Waals surface area contributed by atoms with E-state index in [1.54, 1.807) is 0 Å². The minimum absolute atomic E-state index is 0.577. The molecule has 0 saturated heterocycles. The van der Waals surface area contributed by atoms with Crippen LogP contribution in [0.4, 0.5) is 0 Å². The van der Waals surface area contributed by atoms with Gasteiger partial charge in [0.15, 0.2) is 0 Å². The van der Waals surface area contributed by atoms with Gasteiger partial charge in [0.1, 0.15) is 0 Å². The molecule has 0 spiro atoms. The van der Waals surface area contributed by atoms with Gasteiger partial charge >= 0.3 is 8.80 Å². The van der Waals surface area contributed by atoms with Crippen LogP contribution in [0.1, 0.15) is 13.3 Å². The van der Waals surface area contributed by atoms with E-state index >= 15 is 0 Å². The second-order valence-corrected chi connectivity index (χ2v) is 7.72. The average Bonchev–Trinajstić information content (AvgIpc) is 2.74. The largest absolute Gasteiger partial charge is 0.479 e. The van der Waals surface area contributed by atoms with Gasteiger partial charge in [0, 0.05) is 38.6 Å². The standard InChI is InChI=1S/C9H18N2O3Si3/c1-3-12-17(13-15,14-16)8-4-5-11-7-6-10(2)9-11/h6-7H,3-5,8-9H2,1-2H3. The van der Waals surface area contributed by atoms with Crippen molar-refractivity contribution in [2.45, 2.75) is 19.4 Å². The van der Waals surface area contributed by atoms with Crippen LogP contribution >= 0.6 is 0 Å². The van der Waals surface area contributed by atoms with Gasteiger partial charge in [0.25, 0.3) is 0 Å². The Morgan fingerprint density at radius 1 is 1.29 bits per heavy atom. The quantitative estimate of drug-likeness (QED) is 0.597. The van der Waals surface area contributed by atoms with Crippen LogP contribution in [-0.2, 0) is 12.7 Å². The molecule has 0 aromatic heterocycles. The molecule has 1 aliphatic heterocycles. The van der Waals surface area contributed by atoms with Gasteiger partial charge in [0.2, 0.25) is 21.0 Å². The predicted octanol–water partition coefficient (Wildman–Crippen LogP) is 0.228. The van der Waals surface area contributed by atoms with Crippen LogP contribution in [0, 0.1) is 0 Å². The monoisotopic (exact) mass is 286 g/mol. The number of hydrogen-bond donors (Lipinski definition) is 0. The van der Waals surface area contributed by atoms with E-state index in [9.17, 15) is 0 Å². The van der Waals surface area contributed by atoms with Crippen molar-refractivity contribution < 1.29 is 12.7 Å². The van der Waals surface area contributed by atoms with Gasteiger partial charge in [-0.3, -0.25) is 0 Å². The Balaban J connectivity index is 2.29. The maximum atomic E-state index is 5.56. The molecule has 0 amide bonds. The normalized spacial score (nSPS) is 16.0. The minimum Gasteiger partial charge on any atom is -0.416 e. The molecule has 0 bridgehead atoms. The van der Waals surface area contributed by atoms with Crippen molar-refractivity contribution in [3.8, 4) is 0 Å². The van der Waals surface area contributed by atoms with Crippen LogP contribution in [0.5, 0.6) is 0 Å². The molecule has 1 aliphatic rings. The Hall–Kier alpha value is -0.129. The van der Waals surface area contributed by atoms with E-state index < -0.39 is 8.80 Å². The van der Waals surface area contributed by atoms with Crippen LogP contribution in [-0.4, -0.2) is 66.4 Å². The first kappa shape index (κ1) is 14.9. The summed E-state index contributed by atoms with van der Waals surface area (Å²) in [6, 6.07) is 0.766. The van der Waals surface area contributed by atoms with E-state index in [2.05, 4.69) is 50.2 Å². The van der Waals surface area contributed by atoms with Crippen LogP contribution < -0.4 is 0 Å². The first-order valence-corrected chi connectivity index (χ1v) is 8.36. The molecule has 0 N–H and O–H groups in total. The lowest BCUT2D eigenvalue weighted by Crippen LogP contribution is -2.45. The maximum Gasteiger partial charge on any atom is 0.479 e. The Kier molecular flexibility index (Phi) is 6.44. The van der Waals surface area contributed by atoms with Gasteiger partial charge in [-0.2, -0.15) is 0 Å². The number of nitrogens with zero attached hydrogens (tertiary/aromatic N) is 2. The Morgan fingerprint density at radius 3 is 2.47 bits per heavy atom. The van der Waals surface area contributed by atoms with E-state index in [1.165, 1.54) is 0 Å². The predicted molar refractivity (Wildman–Crippen MR) is 69.0 cm³/mol. The van der Waals surface area contributed by atoms with Crippen LogP contribution in [0.25, 0.3) is 0 Å². The highest BCUT2D eigenvalue weighted by Crippen LogP contribution is 2.16. The van der Waals surface area contributed by atoms with Gasteiger partial charge in [0.05, 0.1) is 6.67 Å². The highest BCUT2D eigenvalue weighted by molar-refractivity contribution is 6.66. The third-order valence-corrected chi connectivity index (χ3v) is 6.72. The summed E-state index contributed by atoms with van der Waals surface area (Å²) < 4.78 is 16.0. The summed E-state index contributed by atoms with van der Waals surface area (Å²) >= 11 is 0. The summed E-state index contributed by atoms with van der Waals surface area (Å²) in [5.74, 6) is 0. The van der Waals surface area contributed by atoms with E-state index in [0.29, 0.717) is 6.61 Å². The lowest BCUT2D eigenvalue weighted by molar-refractivity contribution is 0.181. The van der Waals surface area contributed by atoms with Gasteiger partial charge in [-0.05, 0) is 13.3 Å². The Morgan fingerprint density at radius 2 is 2.00 bits per heavy atom. The molecule has 0 atom stereocenters. The lowest BCUT2D eigenvalue weighted by Gasteiger charge is -2.27. The molecule has 1 heterocycles. The van der Waals surface area contributed by atoms with E-state index in [0.717, 1.165) is 25.7 Å². The van der Waals surface area contributed by atoms with Crippen molar-refractivity contribution >= 4 is 29.8 Å². The zero-order chi connectivity index (χ0) is 12.7. The summed E-state index contributed by atoms with van der Waals surface area (Å²) in [7, 11) is 5.59. The molecule has 0 unspecified atom stereocenters. The molecule has 17 heavy (non-hydrogen) atoms. The Bertz CT molecular complexity index is 252. The molecule has 0 saturated carbocycles. The summed E-state index contributed by atoms with van der Waals surface area (Å²) in [4.78, 5) is 4.38. The van der Waals surface area contributed by atoms with E-state index in [4.69, 9.17) is 12.7 Å². The third kappa shape index (κ3) is 4.56. The van der Waals surface area contributed by atoms with Crippen LogP contribution in [0.2, 0.25) is 6.04 Å². The average molecular weight is 287 g/mol. The Labute approximate surface area is 111 Å². The first-order chi connectivity index (χ1) is 8.15. The molecule has 0 fully saturated rings. The second kappa shape index (κ2) is 7.34. The number of hydrogen-bond acceptors (Lipinski definition) is 5. The maximum absolute atomic E-state index is 5.56. The van der Waals surface area contributed by atoms with Gasteiger partial charge < -0.3 is 22.5 Å². The highest BCUT2D eigenvalue weighted by Gasteiger charge is 2.37. The third-order valence-electron chi connectivity index (χ3n) is 2.54. The molecule has 0 aromatic carbocycles. The number of rotatable bonds is 8. The summed E-state index contributed by atoms with van der Waals surface area (Å²) in [6.07, 6.45) is 5.11. The smallest absolute Gasteiger partial charge is 0.416 e.